The average molecular weight is 436 g/mol. The maximum Gasteiger partial charge on any atom is 0.246 e. The minimum Gasteiger partial charge on any atom is -0.350 e. The first-order chi connectivity index (χ1) is 15.1. The molecule has 4 aromatic heterocycles. The number of aryl methyl sites for hydroxylation is 2. The molecule has 2 aliphatic rings. The van der Waals surface area contributed by atoms with Crippen molar-refractivity contribution < 1.29 is 0 Å². The lowest BCUT2D eigenvalue weighted by molar-refractivity contribution is 0.541. The Morgan fingerprint density at radius 1 is 1.06 bits per heavy atom. The van der Waals surface area contributed by atoms with Crippen LogP contribution in [0.2, 0.25) is 5.28 Å². The van der Waals surface area contributed by atoms with Gasteiger partial charge >= 0.3 is 0 Å². The van der Waals surface area contributed by atoms with E-state index in [0.29, 0.717) is 5.65 Å². The van der Waals surface area contributed by atoms with Gasteiger partial charge < -0.3 is 9.80 Å². The Kier molecular flexibility index (Phi) is 4.14. The molecule has 10 heteroatoms. The molecule has 0 atom stereocenters. The molecule has 0 amide bonds. The number of pyridine rings is 1. The van der Waals surface area contributed by atoms with E-state index in [1.54, 1.807) is 4.52 Å². The fourth-order valence-corrected chi connectivity index (χ4v) is 4.77. The van der Waals surface area contributed by atoms with Crippen molar-refractivity contribution in [2.24, 2.45) is 0 Å². The Balaban J connectivity index is 1.37. The molecule has 0 spiro atoms. The van der Waals surface area contributed by atoms with E-state index in [-0.39, 0.29) is 5.28 Å². The Hall–Kier alpha value is -3.20. The lowest BCUT2D eigenvalue weighted by Gasteiger charge is -2.33. The monoisotopic (exact) mass is 435 g/mol. The molecule has 0 aliphatic carbocycles. The fourth-order valence-electron chi connectivity index (χ4n) is 4.61. The Morgan fingerprint density at radius 3 is 2.87 bits per heavy atom. The molecular weight excluding hydrogens is 414 g/mol. The highest BCUT2D eigenvalue weighted by molar-refractivity contribution is 6.28. The molecule has 0 aromatic carbocycles. The average Bonchev–Trinajstić information content (AvgIpc) is 3.42. The molecule has 0 unspecified atom stereocenters. The van der Waals surface area contributed by atoms with Crippen molar-refractivity contribution in [3.63, 3.8) is 0 Å². The molecule has 0 saturated carbocycles. The van der Waals surface area contributed by atoms with E-state index in [0.717, 1.165) is 73.2 Å². The van der Waals surface area contributed by atoms with Gasteiger partial charge in [0.2, 0.25) is 5.28 Å². The van der Waals surface area contributed by atoms with Crippen LogP contribution in [0.3, 0.4) is 0 Å². The maximum atomic E-state index is 6.21. The second kappa shape index (κ2) is 6.91. The van der Waals surface area contributed by atoms with Gasteiger partial charge in [-0.3, -0.25) is 4.98 Å². The van der Waals surface area contributed by atoms with Crippen LogP contribution in [0.4, 0.5) is 17.3 Å². The third-order valence-electron chi connectivity index (χ3n) is 6.39. The molecule has 0 fully saturated rings. The minimum atomic E-state index is 0.280. The van der Waals surface area contributed by atoms with Gasteiger partial charge in [0, 0.05) is 55.5 Å². The second-order valence-corrected chi connectivity index (χ2v) is 8.50. The first-order valence-electron chi connectivity index (χ1n) is 10.5. The Labute approximate surface area is 184 Å². The van der Waals surface area contributed by atoms with Crippen molar-refractivity contribution in [3.05, 3.63) is 52.2 Å². The van der Waals surface area contributed by atoms with Crippen molar-refractivity contribution in [2.45, 2.75) is 39.8 Å². The lowest BCUT2D eigenvalue weighted by atomic mass is 10.0. The first-order valence-corrected chi connectivity index (χ1v) is 10.9. The van der Waals surface area contributed by atoms with Gasteiger partial charge in [-0.25, -0.2) is 4.68 Å². The van der Waals surface area contributed by atoms with Crippen LogP contribution in [0, 0.1) is 13.8 Å². The van der Waals surface area contributed by atoms with Gasteiger partial charge in [0.1, 0.15) is 5.82 Å². The van der Waals surface area contributed by atoms with Crippen LogP contribution in [-0.2, 0) is 19.5 Å². The first kappa shape index (κ1) is 18.6. The number of aromatic nitrogens is 7. The molecule has 31 heavy (non-hydrogen) atoms. The smallest absolute Gasteiger partial charge is 0.246 e. The molecule has 158 valence electrons. The van der Waals surface area contributed by atoms with E-state index in [2.05, 4.69) is 48.8 Å². The summed E-state index contributed by atoms with van der Waals surface area (Å²) in [6.45, 7) is 7.66. The normalized spacial score (nSPS) is 16.0. The SMILES string of the molecule is Cc1c(N2CCc3ncc(N4CCCn5nccc54)cc3C2)nn2c(Cl)nnc2c1C. The van der Waals surface area contributed by atoms with Crippen LogP contribution in [0.5, 0.6) is 0 Å². The van der Waals surface area contributed by atoms with E-state index in [4.69, 9.17) is 21.7 Å². The number of fused-ring (bicyclic) bond motifs is 3. The third-order valence-corrected chi connectivity index (χ3v) is 6.63. The molecule has 0 radical (unpaired) electrons. The number of halogens is 1. The van der Waals surface area contributed by atoms with Crippen LogP contribution < -0.4 is 9.80 Å². The zero-order chi connectivity index (χ0) is 21.1. The van der Waals surface area contributed by atoms with Gasteiger partial charge in [0.05, 0.1) is 18.1 Å². The van der Waals surface area contributed by atoms with Crippen LogP contribution >= 0.6 is 11.6 Å². The summed E-state index contributed by atoms with van der Waals surface area (Å²) in [5, 5.41) is 17.6. The summed E-state index contributed by atoms with van der Waals surface area (Å²) in [6.07, 6.45) is 5.81. The predicted octanol–water partition coefficient (Wildman–Crippen LogP) is 3.09. The predicted molar refractivity (Wildman–Crippen MR) is 118 cm³/mol. The number of anilines is 3. The molecule has 4 aromatic rings. The van der Waals surface area contributed by atoms with Gasteiger partial charge in [-0.05, 0) is 43.5 Å². The zero-order valence-electron chi connectivity index (χ0n) is 17.5. The fraction of sp³-hybridized carbons (Fsp3) is 0.381. The van der Waals surface area contributed by atoms with Crippen molar-refractivity contribution in [3.8, 4) is 0 Å². The van der Waals surface area contributed by atoms with E-state index in [9.17, 15) is 0 Å². The van der Waals surface area contributed by atoms with Crippen LogP contribution in [0.1, 0.15) is 28.8 Å². The summed E-state index contributed by atoms with van der Waals surface area (Å²) in [5.74, 6) is 2.04. The van der Waals surface area contributed by atoms with Gasteiger partial charge in [0.15, 0.2) is 11.5 Å². The number of hydrogen-bond donors (Lipinski definition) is 0. The van der Waals surface area contributed by atoms with Gasteiger partial charge in [-0.15, -0.1) is 15.3 Å². The number of nitrogens with zero attached hydrogens (tertiary/aromatic N) is 9. The summed E-state index contributed by atoms with van der Waals surface area (Å²) in [5.41, 5.74) is 6.35. The molecule has 6 rings (SSSR count). The molecule has 6 heterocycles. The summed E-state index contributed by atoms with van der Waals surface area (Å²) in [4.78, 5) is 9.41. The topological polar surface area (TPSA) is 80.3 Å². The van der Waals surface area contributed by atoms with E-state index in [1.807, 2.05) is 19.3 Å². The van der Waals surface area contributed by atoms with Crippen LogP contribution in [0.15, 0.2) is 24.5 Å². The van der Waals surface area contributed by atoms with Crippen molar-refractivity contribution in [1.82, 2.24) is 34.6 Å². The second-order valence-electron chi connectivity index (χ2n) is 8.17. The largest absolute Gasteiger partial charge is 0.350 e. The zero-order valence-corrected chi connectivity index (χ0v) is 18.2. The molecule has 0 bridgehead atoms. The van der Waals surface area contributed by atoms with Crippen molar-refractivity contribution in [1.29, 1.82) is 0 Å². The molecule has 2 aliphatic heterocycles. The summed E-state index contributed by atoms with van der Waals surface area (Å²) < 4.78 is 3.68. The molecule has 0 saturated heterocycles. The number of rotatable bonds is 2. The Bertz CT molecular complexity index is 1310. The van der Waals surface area contributed by atoms with Crippen LogP contribution in [0.25, 0.3) is 5.65 Å². The Morgan fingerprint density at radius 2 is 1.97 bits per heavy atom. The highest BCUT2D eigenvalue weighted by Gasteiger charge is 2.25. The van der Waals surface area contributed by atoms with Gasteiger partial charge in [-0.1, -0.05) is 0 Å². The summed E-state index contributed by atoms with van der Waals surface area (Å²) in [6, 6.07) is 4.34. The maximum absolute atomic E-state index is 6.21. The summed E-state index contributed by atoms with van der Waals surface area (Å²) in [7, 11) is 0. The lowest BCUT2D eigenvalue weighted by Crippen LogP contribution is -2.33. The minimum absolute atomic E-state index is 0.280. The molecule has 9 nitrogen and oxygen atoms in total. The van der Waals surface area contributed by atoms with E-state index >= 15 is 0 Å². The van der Waals surface area contributed by atoms with Crippen LogP contribution in [-0.4, -0.2) is 47.7 Å². The quantitative estimate of drug-likeness (QED) is 0.478. The highest BCUT2D eigenvalue weighted by Crippen LogP contribution is 2.33. The van der Waals surface area contributed by atoms with Gasteiger partial charge in [-0.2, -0.15) is 9.61 Å². The summed E-state index contributed by atoms with van der Waals surface area (Å²) >= 11 is 6.21. The van der Waals surface area contributed by atoms with E-state index in [1.165, 1.54) is 5.56 Å². The molecule has 0 N–H and O–H groups in total. The van der Waals surface area contributed by atoms with Crippen molar-refractivity contribution >= 4 is 34.6 Å². The number of hydrogen-bond acceptors (Lipinski definition) is 7. The highest BCUT2D eigenvalue weighted by atomic mass is 35.5. The molecular formula is C21H22ClN9. The third kappa shape index (κ3) is 2.87. The standard InChI is InChI=1S/C21H22ClN9/c1-13-14(2)20(27-31-19(13)25-26-21(31)22)28-9-5-17-15(12-28)10-16(11-23-17)29-7-3-8-30-18(29)4-6-24-30/h4,6,10-11H,3,5,7-9,12H2,1-2H3. The van der Waals surface area contributed by atoms with Crippen molar-refractivity contribution in [2.75, 3.05) is 22.9 Å². The van der Waals surface area contributed by atoms with E-state index < -0.39 is 0 Å². The van der Waals surface area contributed by atoms with Gasteiger partial charge in [0.25, 0.3) is 0 Å².